The number of nitro groups is 1. The minimum absolute atomic E-state index is 0.0555. The molecule has 0 aliphatic rings. The quantitative estimate of drug-likeness (QED) is 0.447. The summed E-state index contributed by atoms with van der Waals surface area (Å²) in [7, 11) is 0. The van der Waals surface area contributed by atoms with E-state index >= 15 is 0 Å². The summed E-state index contributed by atoms with van der Waals surface area (Å²) in [6.45, 7) is 0. The smallest absolute Gasteiger partial charge is 0.313 e. The first-order chi connectivity index (χ1) is 11.6. The van der Waals surface area contributed by atoms with Gasteiger partial charge in [0.05, 0.1) is 9.95 Å². The van der Waals surface area contributed by atoms with Crippen LogP contribution in [0, 0.1) is 10.1 Å². The number of nitro benzene ring substituents is 1. The monoisotopic (exact) mass is 339 g/mol. The Morgan fingerprint density at radius 3 is 2.21 bits per heavy atom. The van der Waals surface area contributed by atoms with Gasteiger partial charge in [-0.3, -0.25) is 10.1 Å². The Balaban J connectivity index is 1.79. The van der Waals surface area contributed by atoms with E-state index in [1.807, 2.05) is 30.3 Å². The first-order valence-corrected chi connectivity index (χ1v) is 7.75. The Bertz CT molecular complexity index is 848. The van der Waals surface area contributed by atoms with Gasteiger partial charge in [0.15, 0.2) is 0 Å². The number of ether oxygens (including phenoxy) is 1. The molecule has 4 nitrogen and oxygen atoms in total. The topological polar surface area (TPSA) is 52.4 Å². The molecule has 3 rings (SSSR count). The summed E-state index contributed by atoms with van der Waals surface area (Å²) >= 11 is 6.03. The minimum atomic E-state index is -0.509. The second-order valence-electron chi connectivity index (χ2n) is 5.25. The van der Waals surface area contributed by atoms with E-state index in [0.717, 1.165) is 12.0 Å². The lowest BCUT2D eigenvalue weighted by molar-refractivity contribution is -0.385. The molecule has 0 unspecified atom stereocenters. The average molecular weight is 340 g/mol. The lowest BCUT2D eigenvalue weighted by Crippen LogP contribution is -1.94. The van der Waals surface area contributed by atoms with Crippen LogP contribution in [0.5, 0.6) is 11.5 Å². The number of para-hydroxylation sites is 1. The fourth-order valence-electron chi connectivity index (χ4n) is 2.37. The second kappa shape index (κ2) is 7.15. The molecule has 0 bridgehead atoms. The Morgan fingerprint density at radius 2 is 1.54 bits per heavy atom. The van der Waals surface area contributed by atoms with Gasteiger partial charge in [-0.25, -0.2) is 0 Å². The molecule has 0 aromatic heterocycles. The lowest BCUT2D eigenvalue weighted by Gasteiger charge is -2.09. The SMILES string of the molecule is O=[N+]([O-])c1cccc(Cl)c1Oc1ccc(Cc2ccccc2)cc1. The maximum atomic E-state index is 11.1. The van der Waals surface area contributed by atoms with E-state index in [1.54, 1.807) is 18.2 Å². The van der Waals surface area contributed by atoms with Crippen LogP contribution < -0.4 is 4.74 Å². The van der Waals surface area contributed by atoms with Crippen molar-refractivity contribution in [3.05, 3.63) is 99.1 Å². The van der Waals surface area contributed by atoms with Gasteiger partial charge >= 0.3 is 5.69 Å². The fraction of sp³-hybridized carbons (Fsp3) is 0.0526. The molecular weight excluding hydrogens is 326 g/mol. The molecule has 3 aromatic rings. The van der Waals surface area contributed by atoms with Crippen LogP contribution in [-0.4, -0.2) is 4.92 Å². The first kappa shape index (κ1) is 16.0. The Labute approximate surface area is 144 Å². The van der Waals surface area contributed by atoms with Crippen molar-refractivity contribution in [2.45, 2.75) is 6.42 Å². The third-order valence-corrected chi connectivity index (χ3v) is 3.83. The molecular formula is C19H14ClNO3. The summed E-state index contributed by atoms with van der Waals surface area (Å²) in [5, 5.41) is 11.3. The van der Waals surface area contributed by atoms with Crippen LogP contribution in [0.4, 0.5) is 5.69 Å². The number of benzene rings is 3. The van der Waals surface area contributed by atoms with Crippen molar-refractivity contribution < 1.29 is 9.66 Å². The molecule has 3 aromatic carbocycles. The van der Waals surface area contributed by atoms with Gasteiger partial charge in [0.1, 0.15) is 5.75 Å². The van der Waals surface area contributed by atoms with E-state index < -0.39 is 4.92 Å². The molecule has 120 valence electrons. The standard InChI is InChI=1S/C19H14ClNO3/c20-17-7-4-8-18(21(22)23)19(17)24-16-11-9-15(10-12-16)13-14-5-2-1-3-6-14/h1-12H,13H2. The van der Waals surface area contributed by atoms with Crippen molar-refractivity contribution in [1.82, 2.24) is 0 Å². The van der Waals surface area contributed by atoms with Crippen LogP contribution in [0.25, 0.3) is 0 Å². The second-order valence-corrected chi connectivity index (χ2v) is 5.66. The van der Waals surface area contributed by atoms with Crippen LogP contribution in [0.15, 0.2) is 72.8 Å². The van der Waals surface area contributed by atoms with E-state index in [9.17, 15) is 10.1 Å². The first-order valence-electron chi connectivity index (χ1n) is 7.37. The van der Waals surface area contributed by atoms with Crippen LogP contribution in [0.1, 0.15) is 11.1 Å². The molecule has 0 fully saturated rings. The normalized spacial score (nSPS) is 10.4. The average Bonchev–Trinajstić information content (AvgIpc) is 2.59. The molecule has 0 N–H and O–H groups in total. The highest BCUT2D eigenvalue weighted by Crippen LogP contribution is 2.37. The lowest BCUT2D eigenvalue weighted by atomic mass is 10.1. The van der Waals surface area contributed by atoms with Crippen molar-refractivity contribution in [2.75, 3.05) is 0 Å². The van der Waals surface area contributed by atoms with Crippen LogP contribution >= 0.6 is 11.6 Å². The summed E-state index contributed by atoms with van der Waals surface area (Å²) in [5.74, 6) is 0.558. The van der Waals surface area contributed by atoms with Gasteiger partial charge in [-0.2, -0.15) is 0 Å². The molecule has 0 radical (unpaired) electrons. The van der Waals surface area contributed by atoms with E-state index in [0.29, 0.717) is 5.75 Å². The predicted octanol–water partition coefficient (Wildman–Crippen LogP) is 5.63. The van der Waals surface area contributed by atoms with Crippen molar-refractivity contribution in [3.63, 3.8) is 0 Å². The fourth-order valence-corrected chi connectivity index (χ4v) is 2.58. The van der Waals surface area contributed by atoms with Crippen molar-refractivity contribution >= 4 is 17.3 Å². The zero-order valence-corrected chi connectivity index (χ0v) is 13.4. The third kappa shape index (κ3) is 3.73. The highest BCUT2D eigenvalue weighted by molar-refractivity contribution is 6.32. The number of halogens is 1. The molecule has 0 aliphatic carbocycles. The summed E-state index contributed by atoms with van der Waals surface area (Å²) < 4.78 is 5.63. The molecule has 0 saturated carbocycles. The number of hydrogen-bond acceptors (Lipinski definition) is 3. The minimum Gasteiger partial charge on any atom is -0.449 e. The Hall–Kier alpha value is -2.85. The highest BCUT2D eigenvalue weighted by atomic mass is 35.5. The predicted molar refractivity (Wildman–Crippen MR) is 93.9 cm³/mol. The molecule has 0 spiro atoms. The van der Waals surface area contributed by atoms with Gasteiger partial charge in [-0.05, 0) is 35.7 Å². The van der Waals surface area contributed by atoms with Crippen LogP contribution in [-0.2, 0) is 6.42 Å². The van der Waals surface area contributed by atoms with Gasteiger partial charge in [0.2, 0.25) is 5.75 Å². The molecule has 0 saturated heterocycles. The van der Waals surface area contributed by atoms with E-state index in [1.165, 1.54) is 17.7 Å². The van der Waals surface area contributed by atoms with Gasteiger partial charge < -0.3 is 4.74 Å². The molecule has 0 aliphatic heterocycles. The molecule has 0 heterocycles. The van der Waals surface area contributed by atoms with Crippen molar-refractivity contribution in [2.24, 2.45) is 0 Å². The van der Waals surface area contributed by atoms with Crippen LogP contribution in [0.3, 0.4) is 0 Å². The largest absolute Gasteiger partial charge is 0.449 e. The number of hydrogen-bond donors (Lipinski definition) is 0. The zero-order chi connectivity index (χ0) is 16.9. The van der Waals surface area contributed by atoms with E-state index in [-0.39, 0.29) is 16.5 Å². The zero-order valence-electron chi connectivity index (χ0n) is 12.7. The van der Waals surface area contributed by atoms with Gasteiger partial charge in [-0.1, -0.05) is 60.1 Å². The highest BCUT2D eigenvalue weighted by Gasteiger charge is 2.18. The molecule has 24 heavy (non-hydrogen) atoms. The van der Waals surface area contributed by atoms with Gasteiger partial charge in [0, 0.05) is 6.07 Å². The molecule has 5 heteroatoms. The summed E-state index contributed by atoms with van der Waals surface area (Å²) in [4.78, 5) is 10.6. The van der Waals surface area contributed by atoms with Crippen molar-refractivity contribution in [1.29, 1.82) is 0 Å². The maximum Gasteiger partial charge on any atom is 0.313 e. The number of nitrogens with zero attached hydrogens (tertiary/aromatic N) is 1. The Morgan fingerprint density at radius 1 is 0.875 bits per heavy atom. The molecule has 0 atom stereocenters. The van der Waals surface area contributed by atoms with E-state index in [4.69, 9.17) is 16.3 Å². The Kier molecular flexibility index (Phi) is 4.77. The maximum absolute atomic E-state index is 11.1. The summed E-state index contributed by atoms with van der Waals surface area (Å²) in [6, 6.07) is 22.0. The van der Waals surface area contributed by atoms with E-state index in [2.05, 4.69) is 12.1 Å². The van der Waals surface area contributed by atoms with Crippen molar-refractivity contribution in [3.8, 4) is 11.5 Å². The number of rotatable bonds is 5. The van der Waals surface area contributed by atoms with Gasteiger partial charge in [-0.15, -0.1) is 0 Å². The van der Waals surface area contributed by atoms with Crippen LogP contribution in [0.2, 0.25) is 5.02 Å². The summed E-state index contributed by atoms with van der Waals surface area (Å²) in [5.41, 5.74) is 2.19. The molecule has 0 amide bonds. The third-order valence-electron chi connectivity index (χ3n) is 3.54. The summed E-state index contributed by atoms with van der Waals surface area (Å²) in [6.07, 6.45) is 0.813. The van der Waals surface area contributed by atoms with Gasteiger partial charge in [0.25, 0.3) is 0 Å².